The third-order valence-corrected chi connectivity index (χ3v) is 8.99. The van der Waals surface area contributed by atoms with Crippen LogP contribution in [0.2, 0.25) is 0 Å². The van der Waals surface area contributed by atoms with E-state index >= 15 is 0 Å². The number of carbonyl (C=O) groups excluding carboxylic acids is 2. The van der Waals surface area contributed by atoms with E-state index in [4.69, 9.17) is 4.74 Å². The number of aliphatic hydroxyl groups excluding tert-OH is 1. The fourth-order valence-corrected chi connectivity index (χ4v) is 7.27. The first-order valence-electron chi connectivity index (χ1n) is 12.7. The normalized spacial score (nSPS) is 40.7. The van der Waals surface area contributed by atoms with E-state index in [9.17, 15) is 24.9 Å². The third kappa shape index (κ3) is 3.92. The van der Waals surface area contributed by atoms with Crippen molar-refractivity contribution >= 4 is 11.8 Å². The number of hydrogen-bond donors (Lipinski definition) is 3. The van der Waals surface area contributed by atoms with Crippen molar-refractivity contribution in [3.8, 4) is 0 Å². The molecule has 0 heterocycles. The Morgan fingerprint density at radius 2 is 1.82 bits per heavy atom. The second kappa shape index (κ2) is 8.62. The van der Waals surface area contributed by atoms with Crippen LogP contribution in [0.3, 0.4) is 0 Å². The van der Waals surface area contributed by atoms with E-state index in [-0.39, 0.29) is 48.6 Å². The van der Waals surface area contributed by atoms with Crippen LogP contribution in [0.1, 0.15) is 79.1 Å². The van der Waals surface area contributed by atoms with Crippen LogP contribution in [0.5, 0.6) is 0 Å². The maximum atomic E-state index is 12.9. The summed E-state index contributed by atoms with van der Waals surface area (Å²) in [4.78, 5) is 25.6. The lowest BCUT2D eigenvalue weighted by molar-refractivity contribution is -0.176. The number of ketones is 1. The molecule has 0 spiro atoms. The molecule has 4 rings (SSSR count). The Kier molecular flexibility index (Phi) is 6.43. The van der Waals surface area contributed by atoms with Gasteiger partial charge in [-0.05, 0) is 35.8 Å². The molecule has 0 aromatic carbocycles. The summed E-state index contributed by atoms with van der Waals surface area (Å²) in [5, 5.41) is 33.6. The van der Waals surface area contributed by atoms with Gasteiger partial charge in [-0.1, -0.05) is 58.6 Å². The summed E-state index contributed by atoms with van der Waals surface area (Å²) in [5.74, 6) is -1.58. The molecule has 6 nitrogen and oxygen atoms in total. The highest BCUT2D eigenvalue weighted by Crippen LogP contribution is 2.72. The minimum atomic E-state index is -1.78. The van der Waals surface area contributed by atoms with Crippen LogP contribution in [0.4, 0.5) is 0 Å². The van der Waals surface area contributed by atoms with Crippen LogP contribution in [0, 0.1) is 29.1 Å². The zero-order valence-corrected chi connectivity index (χ0v) is 20.5. The molecule has 0 unspecified atom stereocenters. The fourth-order valence-electron chi connectivity index (χ4n) is 7.27. The first-order valence-corrected chi connectivity index (χ1v) is 12.7. The predicted octanol–water partition coefficient (Wildman–Crippen LogP) is 3.48. The van der Waals surface area contributed by atoms with Gasteiger partial charge in [0.25, 0.3) is 0 Å². The molecular weight excluding hydrogens is 420 g/mol. The van der Waals surface area contributed by atoms with E-state index in [2.05, 4.69) is 20.8 Å². The highest BCUT2D eigenvalue weighted by atomic mass is 16.5. The van der Waals surface area contributed by atoms with Gasteiger partial charge in [0.05, 0.1) is 12.2 Å². The van der Waals surface area contributed by atoms with Crippen molar-refractivity contribution < 1.29 is 29.6 Å². The van der Waals surface area contributed by atoms with Crippen molar-refractivity contribution in [3.63, 3.8) is 0 Å². The summed E-state index contributed by atoms with van der Waals surface area (Å²) < 4.78 is 5.97. The number of aliphatic hydroxyl groups is 3. The molecular formula is C27H40O6. The standard InChI is InChI=1S/C27H40O6/c1-5-6-7-8-9-10-21(29)33-19-14-26(31)18(22-23(19)25(22,3)4)12-17(15-28)13-27(32)20(26)11-16(2)24(27)30/h11-12,18-20,22-23,28,31-32H,5-10,13-15H2,1-4H3/t18-,19+,20-,22-,23+,26+,27+/m0/s1. The molecule has 7 atom stereocenters. The van der Waals surface area contributed by atoms with Gasteiger partial charge in [-0.2, -0.15) is 0 Å². The third-order valence-electron chi connectivity index (χ3n) is 8.99. The van der Waals surface area contributed by atoms with Crippen molar-refractivity contribution in [2.45, 2.75) is 96.4 Å². The maximum absolute atomic E-state index is 12.9. The first-order chi connectivity index (χ1) is 15.5. The van der Waals surface area contributed by atoms with Gasteiger partial charge in [0.15, 0.2) is 5.78 Å². The van der Waals surface area contributed by atoms with E-state index in [1.807, 2.05) is 6.08 Å². The molecule has 2 saturated carbocycles. The van der Waals surface area contributed by atoms with Crippen LogP contribution < -0.4 is 0 Å². The second-order valence-electron chi connectivity index (χ2n) is 11.5. The number of fused-ring (bicyclic) bond motifs is 5. The number of hydrogen-bond acceptors (Lipinski definition) is 6. The minimum Gasteiger partial charge on any atom is -0.462 e. The van der Waals surface area contributed by atoms with Gasteiger partial charge in [-0.25, -0.2) is 0 Å². The molecule has 0 aromatic heterocycles. The quantitative estimate of drug-likeness (QED) is 0.291. The number of unbranched alkanes of at least 4 members (excludes halogenated alkanes) is 4. The smallest absolute Gasteiger partial charge is 0.306 e. The fraction of sp³-hybridized carbons (Fsp3) is 0.778. The molecule has 0 amide bonds. The Balaban J connectivity index is 1.60. The summed E-state index contributed by atoms with van der Waals surface area (Å²) in [5.41, 5.74) is -2.33. The molecule has 33 heavy (non-hydrogen) atoms. The highest BCUT2D eigenvalue weighted by molar-refractivity contribution is 6.04. The molecule has 0 saturated heterocycles. The first kappa shape index (κ1) is 24.6. The van der Waals surface area contributed by atoms with Gasteiger partial charge in [-0.15, -0.1) is 0 Å². The van der Waals surface area contributed by atoms with Gasteiger partial charge in [0, 0.05) is 37.0 Å². The Bertz CT molecular complexity index is 872. The summed E-state index contributed by atoms with van der Waals surface area (Å²) in [6.45, 7) is 7.82. The topological polar surface area (TPSA) is 104 Å². The Labute approximate surface area is 197 Å². The van der Waals surface area contributed by atoms with Crippen LogP contribution in [0.25, 0.3) is 0 Å². The van der Waals surface area contributed by atoms with Crippen molar-refractivity contribution in [1.29, 1.82) is 0 Å². The number of ether oxygens (including phenoxy) is 1. The average molecular weight is 461 g/mol. The number of Topliss-reactive ketones (excluding diaryl/α,β-unsaturated/α-hetero) is 1. The lowest BCUT2D eigenvalue weighted by Gasteiger charge is -2.47. The predicted molar refractivity (Wildman–Crippen MR) is 124 cm³/mol. The summed E-state index contributed by atoms with van der Waals surface area (Å²) >= 11 is 0. The second-order valence-corrected chi connectivity index (χ2v) is 11.5. The summed E-state index contributed by atoms with van der Waals surface area (Å²) in [7, 11) is 0. The average Bonchev–Trinajstić information content (AvgIpc) is 3.28. The lowest BCUT2D eigenvalue weighted by Crippen LogP contribution is -2.58. The Morgan fingerprint density at radius 1 is 1.12 bits per heavy atom. The number of rotatable bonds is 8. The van der Waals surface area contributed by atoms with Crippen molar-refractivity contribution in [3.05, 3.63) is 23.3 Å². The van der Waals surface area contributed by atoms with Gasteiger partial charge >= 0.3 is 5.97 Å². The van der Waals surface area contributed by atoms with Crippen LogP contribution in [-0.2, 0) is 14.3 Å². The van der Waals surface area contributed by atoms with E-state index < -0.39 is 29.0 Å². The van der Waals surface area contributed by atoms with Crippen LogP contribution in [0.15, 0.2) is 23.3 Å². The molecule has 6 heteroatoms. The molecule has 0 aliphatic heterocycles. The zero-order valence-electron chi connectivity index (χ0n) is 20.5. The van der Waals surface area contributed by atoms with Gasteiger partial charge in [0.1, 0.15) is 11.7 Å². The van der Waals surface area contributed by atoms with E-state index in [1.54, 1.807) is 13.0 Å². The van der Waals surface area contributed by atoms with E-state index in [1.165, 1.54) is 6.42 Å². The monoisotopic (exact) mass is 460 g/mol. The highest BCUT2D eigenvalue weighted by Gasteiger charge is 2.75. The molecule has 0 radical (unpaired) electrons. The van der Waals surface area contributed by atoms with Crippen molar-refractivity contribution in [2.75, 3.05) is 6.61 Å². The molecule has 2 fully saturated rings. The molecule has 0 bridgehead atoms. The van der Waals surface area contributed by atoms with Gasteiger partial charge in [0.2, 0.25) is 0 Å². The van der Waals surface area contributed by atoms with E-state index in [0.717, 1.165) is 25.7 Å². The lowest BCUT2D eigenvalue weighted by atomic mass is 9.64. The Hall–Kier alpha value is -1.50. The van der Waals surface area contributed by atoms with Gasteiger partial charge < -0.3 is 20.1 Å². The van der Waals surface area contributed by atoms with Gasteiger partial charge in [-0.3, -0.25) is 9.59 Å². The summed E-state index contributed by atoms with van der Waals surface area (Å²) in [6, 6.07) is 0. The van der Waals surface area contributed by atoms with Crippen molar-refractivity contribution in [1.82, 2.24) is 0 Å². The van der Waals surface area contributed by atoms with Crippen molar-refractivity contribution in [2.24, 2.45) is 29.1 Å². The van der Waals surface area contributed by atoms with Crippen LogP contribution in [-0.4, -0.2) is 51.0 Å². The Morgan fingerprint density at radius 3 is 2.48 bits per heavy atom. The molecule has 184 valence electrons. The number of carbonyl (C=O) groups is 2. The van der Waals surface area contributed by atoms with E-state index in [0.29, 0.717) is 17.6 Å². The molecule has 0 aromatic rings. The largest absolute Gasteiger partial charge is 0.462 e. The molecule has 4 aliphatic rings. The number of esters is 1. The maximum Gasteiger partial charge on any atom is 0.306 e. The minimum absolute atomic E-state index is 0.0136. The molecule has 4 aliphatic carbocycles. The van der Waals surface area contributed by atoms with Crippen LogP contribution >= 0.6 is 0 Å². The zero-order chi connectivity index (χ0) is 24.2. The summed E-state index contributed by atoms with van der Waals surface area (Å²) in [6.07, 6.45) is 8.96. The SMILES string of the molecule is CCCCCCCC(=O)O[C@@H]1C[C@@]2(O)[C@@H](C=C(CO)C[C@]3(O)C(=O)C(C)=C[C@@H]23)[C@H]2[C@@H]1C2(C)C. The molecule has 3 N–H and O–H groups in total.